The highest BCUT2D eigenvalue weighted by Gasteiger charge is 2.26. The molecule has 5 aromatic rings. The van der Waals surface area contributed by atoms with Crippen LogP contribution in [0.2, 0.25) is 0 Å². The number of aryl methyl sites for hydroxylation is 1. The Balaban J connectivity index is 1.45. The Morgan fingerprint density at radius 3 is 2.66 bits per heavy atom. The van der Waals surface area contributed by atoms with Crippen LogP contribution in [0, 0.1) is 5.82 Å². The predicted octanol–water partition coefficient (Wildman–Crippen LogP) is 3.37. The Morgan fingerprint density at radius 1 is 1.11 bits per heavy atom. The zero-order chi connectivity index (χ0) is 31.0. The molecule has 0 amide bonds. The van der Waals surface area contributed by atoms with Gasteiger partial charge in [0.1, 0.15) is 18.2 Å². The predicted molar refractivity (Wildman–Crippen MR) is 157 cm³/mol. The number of ether oxygens (including phenoxy) is 2. The number of nitrogens with two attached hydrogens (primary N) is 1. The lowest BCUT2D eigenvalue weighted by molar-refractivity contribution is -0.158. The Morgan fingerprint density at radius 2 is 1.93 bits per heavy atom. The SMILES string of the molecule is CC(=O)OCC(=O)OCc1c(-c2nc(N)nc(Cc3cnn(C)c3)n2)cccc1-n1ccc2cc(C3CC3)cc(F)c2c1=O. The van der Waals surface area contributed by atoms with Crippen LogP contribution in [0.5, 0.6) is 0 Å². The fraction of sp³-hybridized carbons (Fsp3) is 0.258. The molecular weight excluding hydrogens is 569 g/mol. The van der Waals surface area contributed by atoms with Gasteiger partial charge in [-0.2, -0.15) is 15.1 Å². The number of pyridine rings is 1. The molecule has 0 bridgehead atoms. The quantitative estimate of drug-likeness (QED) is 0.250. The fourth-order valence-corrected chi connectivity index (χ4v) is 5.09. The van der Waals surface area contributed by atoms with Crippen LogP contribution in [-0.4, -0.2) is 47.8 Å². The fourth-order valence-electron chi connectivity index (χ4n) is 5.09. The average molecular weight is 598 g/mol. The third-order valence-corrected chi connectivity index (χ3v) is 7.27. The average Bonchev–Trinajstić information content (AvgIpc) is 3.76. The first kappa shape index (κ1) is 28.6. The van der Waals surface area contributed by atoms with E-state index in [-0.39, 0.29) is 23.8 Å². The van der Waals surface area contributed by atoms with Crippen LogP contribution in [0.15, 0.2) is 59.8 Å². The number of nitrogen functional groups attached to an aromatic ring is 1. The highest BCUT2D eigenvalue weighted by Crippen LogP contribution is 2.41. The summed E-state index contributed by atoms with van der Waals surface area (Å²) in [5, 5.41) is 4.62. The Labute approximate surface area is 250 Å². The molecule has 0 atom stereocenters. The van der Waals surface area contributed by atoms with Crippen LogP contribution in [0.1, 0.15) is 48.2 Å². The second-order valence-electron chi connectivity index (χ2n) is 10.6. The van der Waals surface area contributed by atoms with Gasteiger partial charge in [-0.15, -0.1) is 0 Å². The van der Waals surface area contributed by atoms with E-state index in [1.165, 1.54) is 17.6 Å². The van der Waals surface area contributed by atoms with Crippen molar-refractivity contribution >= 4 is 28.7 Å². The van der Waals surface area contributed by atoms with Crippen molar-refractivity contribution < 1.29 is 23.5 Å². The number of anilines is 1. The van der Waals surface area contributed by atoms with E-state index in [1.54, 1.807) is 48.4 Å². The molecule has 3 heterocycles. The van der Waals surface area contributed by atoms with Crippen molar-refractivity contribution in [1.29, 1.82) is 0 Å². The molecule has 0 spiro atoms. The standard InChI is InChI=1S/C31H28FN7O5/c1-17(40)43-16-27(41)44-15-23-22(29-35-26(36-31(33)37-29)10-18-13-34-38(2)14-18)4-3-5-25(23)39-9-8-20-11-21(19-6-7-19)12-24(32)28(20)30(39)42/h3-5,8-9,11-14,19H,6-7,10,15-16H2,1-2H3,(H2,33,35,36,37). The number of carbonyl (C=O) groups is 2. The lowest BCUT2D eigenvalue weighted by Gasteiger charge is -2.17. The summed E-state index contributed by atoms with van der Waals surface area (Å²) >= 11 is 0. The van der Waals surface area contributed by atoms with Gasteiger partial charge in [0.2, 0.25) is 5.95 Å². The Bertz CT molecular complexity index is 1980. The first-order valence-electron chi connectivity index (χ1n) is 13.9. The summed E-state index contributed by atoms with van der Waals surface area (Å²) in [5.41, 5.74) is 8.28. The maximum atomic E-state index is 15.3. The highest BCUT2D eigenvalue weighted by atomic mass is 19.1. The van der Waals surface area contributed by atoms with E-state index in [4.69, 9.17) is 15.2 Å². The second-order valence-corrected chi connectivity index (χ2v) is 10.6. The molecule has 6 rings (SSSR count). The van der Waals surface area contributed by atoms with Gasteiger partial charge in [0.25, 0.3) is 5.56 Å². The van der Waals surface area contributed by atoms with Gasteiger partial charge in [-0.3, -0.25) is 18.8 Å². The molecule has 13 heteroatoms. The van der Waals surface area contributed by atoms with Crippen LogP contribution < -0.4 is 11.3 Å². The molecule has 1 saturated carbocycles. The number of esters is 2. The molecule has 0 radical (unpaired) electrons. The van der Waals surface area contributed by atoms with E-state index < -0.39 is 29.9 Å². The molecule has 0 saturated heterocycles. The van der Waals surface area contributed by atoms with E-state index in [2.05, 4.69) is 20.1 Å². The van der Waals surface area contributed by atoms with Gasteiger partial charge >= 0.3 is 11.9 Å². The smallest absolute Gasteiger partial charge is 0.344 e. The zero-order valence-electron chi connectivity index (χ0n) is 24.0. The highest BCUT2D eigenvalue weighted by molar-refractivity contribution is 5.84. The van der Waals surface area contributed by atoms with Gasteiger partial charge < -0.3 is 15.2 Å². The summed E-state index contributed by atoms with van der Waals surface area (Å²) in [6.07, 6.45) is 7.39. The van der Waals surface area contributed by atoms with Gasteiger partial charge in [-0.1, -0.05) is 18.2 Å². The summed E-state index contributed by atoms with van der Waals surface area (Å²) < 4.78 is 28.5. The van der Waals surface area contributed by atoms with E-state index in [0.29, 0.717) is 40.4 Å². The first-order valence-corrected chi connectivity index (χ1v) is 13.9. The lowest BCUT2D eigenvalue weighted by atomic mass is 10.0. The van der Waals surface area contributed by atoms with Crippen molar-refractivity contribution in [3.8, 4) is 17.1 Å². The van der Waals surface area contributed by atoms with Crippen molar-refractivity contribution in [2.45, 2.75) is 38.7 Å². The number of carbonyl (C=O) groups excluding carboxylic acids is 2. The van der Waals surface area contributed by atoms with Crippen molar-refractivity contribution in [2.75, 3.05) is 12.3 Å². The molecule has 224 valence electrons. The second kappa shape index (κ2) is 11.7. The monoisotopic (exact) mass is 597 g/mol. The first-order chi connectivity index (χ1) is 21.2. The zero-order valence-corrected chi connectivity index (χ0v) is 24.0. The summed E-state index contributed by atoms with van der Waals surface area (Å²) in [5.74, 6) is -1.21. The molecule has 44 heavy (non-hydrogen) atoms. The van der Waals surface area contributed by atoms with Crippen molar-refractivity contribution in [3.05, 3.63) is 93.7 Å². The van der Waals surface area contributed by atoms with Gasteiger partial charge in [-0.25, -0.2) is 14.2 Å². The van der Waals surface area contributed by atoms with Crippen LogP contribution in [0.25, 0.3) is 27.8 Å². The van der Waals surface area contributed by atoms with E-state index in [1.807, 2.05) is 12.3 Å². The maximum absolute atomic E-state index is 15.3. The molecular formula is C31H28FN7O5. The molecule has 1 aliphatic rings. The topological polar surface area (TPSA) is 157 Å². The minimum Gasteiger partial charge on any atom is -0.458 e. The van der Waals surface area contributed by atoms with E-state index >= 15 is 4.39 Å². The van der Waals surface area contributed by atoms with Crippen LogP contribution in [-0.2, 0) is 39.1 Å². The molecule has 2 aromatic carbocycles. The molecule has 1 aliphatic carbocycles. The molecule has 0 aliphatic heterocycles. The summed E-state index contributed by atoms with van der Waals surface area (Å²) in [4.78, 5) is 50.6. The number of hydrogen-bond acceptors (Lipinski definition) is 10. The van der Waals surface area contributed by atoms with Crippen LogP contribution in [0.4, 0.5) is 10.3 Å². The number of halogens is 1. The number of aromatic nitrogens is 6. The van der Waals surface area contributed by atoms with Gasteiger partial charge in [0, 0.05) is 43.9 Å². The van der Waals surface area contributed by atoms with Crippen molar-refractivity contribution in [2.24, 2.45) is 7.05 Å². The molecule has 1 fully saturated rings. The molecule has 3 aromatic heterocycles. The van der Waals surface area contributed by atoms with Crippen LogP contribution in [0.3, 0.4) is 0 Å². The number of benzene rings is 2. The third-order valence-electron chi connectivity index (χ3n) is 7.27. The largest absolute Gasteiger partial charge is 0.458 e. The van der Waals surface area contributed by atoms with E-state index in [9.17, 15) is 14.4 Å². The number of nitrogens with zero attached hydrogens (tertiary/aromatic N) is 6. The molecule has 12 nitrogen and oxygen atoms in total. The van der Waals surface area contributed by atoms with Crippen LogP contribution >= 0.6 is 0 Å². The number of fused-ring (bicyclic) bond motifs is 1. The molecule has 2 N–H and O–H groups in total. The minimum absolute atomic E-state index is 0.0338. The van der Waals surface area contributed by atoms with Crippen molar-refractivity contribution in [3.63, 3.8) is 0 Å². The van der Waals surface area contributed by atoms with Gasteiger partial charge in [0.05, 0.1) is 17.3 Å². The number of rotatable bonds is 9. The van der Waals surface area contributed by atoms with Crippen molar-refractivity contribution in [1.82, 2.24) is 29.3 Å². The van der Waals surface area contributed by atoms with Gasteiger partial charge in [-0.05, 0) is 53.5 Å². The maximum Gasteiger partial charge on any atom is 0.344 e. The lowest BCUT2D eigenvalue weighted by Crippen LogP contribution is -2.21. The minimum atomic E-state index is -0.808. The number of hydrogen-bond donors (Lipinski definition) is 1. The molecule has 0 unspecified atom stereocenters. The van der Waals surface area contributed by atoms with Gasteiger partial charge in [0.15, 0.2) is 12.4 Å². The Kier molecular flexibility index (Phi) is 7.60. The van der Waals surface area contributed by atoms with E-state index in [0.717, 1.165) is 24.0 Å². The summed E-state index contributed by atoms with van der Waals surface area (Å²) in [6.45, 7) is 0.238. The Hall–Kier alpha value is -5.46. The summed E-state index contributed by atoms with van der Waals surface area (Å²) in [6, 6.07) is 9.98. The normalized spacial score (nSPS) is 12.8. The third kappa shape index (κ3) is 6.02. The summed E-state index contributed by atoms with van der Waals surface area (Å²) in [7, 11) is 1.80.